The van der Waals surface area contributed by atoms with Crippen molar-refractivity contribution < 1.29 is 15.4 Å². The zero-order valence-electron chi connectivity index (χ0n) is 20.7. The van der Waals surface area contributed by atoms with Crippen molar-refractivity contribution in [2.24, 2.45) is 11.8 Å². The molecule has 0 aliphatic carbocycles. The van der Waals surface area contributed by atoms with E-state index in [9.17, 15) is 4.79 Å². The fourth-order valence-electron chi connectivity index (χ4n) is 7.33. The Balaban J connectivity index is 1.46. The number of piperidine rings is 1. The molecule has 2 aromatic rings. The van der Waals surface area contributed by atoms with Crippen LogP contribution in [-0.2, 0) is 16.8 Å². The fourth-order valence-corrected chi connectivity index (χ4v) is 7.86. The highest BCUT2D eigenvalue weighted by Crippen LogP contribution is 2.42. The quantitative estimate of drug-likeness (QED) is 0.618. The number of carbonyl (C=O) groups excluding carboxylic acids is 1. The molecule has 3 aliphatic heterocycles. The van der Waals surface area contributed by atoms with E-state index in [0.29, 0.717) is 23.8 Å². The molecule has 4 atom stereocenters. The molecule has 5 rings (SSSR count). The van der Waals surface area contributed by atoms with E-state index < -0.39 is 0 Å². The first kappa shape index (κ1) is 24.0. The molecule has 0 bridgehead atoms. The van der Waals surface area contributed by atoms with Crippen LogP contribution in [0.5, 0.6) is 0 Å². The highest BCUT2D eigenvalue weighted by atomic mass is 79.9. The summed E-state index contributed by atoms with van der Waals surface area (Å²) in [5, 5.41) is 4.82. The summed E-state index contributed by atoms with van der Waals surface area (Å²) in [5.74, 6) is 1.59. The number of quaternary nitrogens is 2. The van der Waals surface area contributed by atoms with Gasteiger partial charge in [0.1, 0.15) is 17.9 Å². The van der Waals surface area contributed by atoms with Crippen LogP contribution in [0.15, 0.2) is 53.0 Å². The van der Waals surface area contributed by atoms with Crippen LogP contribution >= 0.6 is 15.9 Å². The number of benzene rings is 2. The van der Waals surface area contributed by atoms with Crippen LogP contribution in [0, 0.1) is 11.8 Å². The maximum atomic E-state index is 14.4. The molecule has 4 N–H and O–H groups in total. The van der Waals surface area contributed by atoms with Gasteiger partial charge in [0.2, 0.25) is 5.91 Å². The molecule has 34 heavy (non-hydrogen) atoms. The van der Waals surface area contributed by atoms with Crippen molar-refractivity contribution in [3.05, 3.63) is 69.7 Å². The molecule has 3 heterocycles. The van der Waals surface area contributed by atoms with E-state index >= 15 is 0 Å². The van der Waals surface area contributed by atoms with Gasteiger partial charge in [0.05, 0.1) is 19.6 Å². The SMILES string of the molecule is CCC(CC)[C@@H]1C[C@H](c2ccccc2)CCN1C(=O)[C@@H]1C[NH2+]C[C@]12C[NH2+]Cc1c(Br)cccc12. The summed E-state index contributed by atoms with van der Waals surface area (Å²) in [5.41, 5.74) is 4.18. The minimum absolute atomic E-state index is 0.0576. The van der Waals surface area contributed by atoms with Gasteiger partial charge >= 0.3 is 0 Å². The van der Waals surface area contributed by atoms with E-state index in [4.69, 9.17) is 0 Å². The number of amides is 1. The second-order valence-electron chi connectivity index (χ2n) is 10.7. The van der Waals surface area contributed by atoms with Gasteiger partial charge in [0, 0.05) is 22.6 Å². The minimum atomic E-state index is -0.0663. The van der Waals surface area contributed by atoms with Crippen molar-refractivity contribution in [1.82, 2.24) is 4.90 Å². The molecule has 1 spiro atoms. The Kier molecular flexibility index (Phi) is 7.15. The first-order valence-electron chi connectivity index (χ1n) is 13.4. The second kappa shape index (κ2) is 10.1. The Hall–Kier alpha value is -1.69. The summed E-state index contributed by atoms with van der Waals surface area (Å²) in [6, 6.07) is 17.9. The number of fused-ring (bicyclic) bond motifs is 2. The Morgan fingerprint density at radius 3 is 2.62 bits per heavy atom. The van der Waals surface area contributed by atoms with Gasteiger partial charge in [-0.2, -0.15) is 0 Å². The molecule has 2 fully saturated rings. The molecule has 5 heteroatoms. The minimum Gasteiger partial charge on any atom is -0.345 e. The van der Waals surface area contributed by atoms with E-state index in [-0.39, 0.29) is 11.3 Å². The lowest BCUT2D eigenvalue weighted by Gasteiger charge is -2.46. The van der Waals surface area contributed by atoms with Crippen LogP contribution in [0.25, 0.3) is 0 Å². The monoisotopic (exact) mass is 525 g/mol. The lowest BCUT2D eigenvalue weighted by atomic mass is 9.68. The molecule has 0 aromatic heterocycles. The van der Waals surface area contributed by atoms with Crippen molar-refractivity contribution in [3.8, 4) is 0 Å². The molecular formula is C29H40BrN3O+2. The number of hydrogen-bond acceptors (Lipinski definition) is 1. The normalized spacial score (nSPS) is 28.9. The molecule has 0 radical (unpaired) electrons. The summed E-state index contributed by atoms with van der Waals surface area (Å²) in [7, 11) is 0. The third-order valence-electron chi connectivity index (χ3n) is 9.18. The highest BCUT2D eigenvalue weighted by Gasteiger charge is 2.57. The summed E-state index contributed by atoms with van der Waals surface area (Å²) in [6.45, 7) is 9.43. The van der Waals surface area contributed by atoms with Crippen LogP contribution in [0.4, 0.5) is 0 Å². The van der Waals surface area contributed by atoms with E-state index in [0.717, 1.165) is 58.4 Å². The summed E-state index contributed by atoms with van der Waals surface area (Å²) >= 11 is 3.80. The fraction of sp³-hybridized carbons (Fsp3) is 0.552. The predicted molar refractivity (Wildman–Crippen MR) is 139 cm³/mol. The van der Waals surface area contributed by atoms with Crippen molar-refractivity contribution in [2.45, 2.75) is 63.5 Å². The van der Waals surface area contributed by atoms with Gasteiger partial charge in [-0.1, -0.05) is 85.1 Å². The molecule has 2 aromatic carbocycles. The van der Waals surface area contributed by atoms with E-state index in [1.165, 1.54) is 21.2 Å². The van der Waals surface area contributed by atoms with Crippen molar-refractivity contribution in [2.75, 3.05) is 26.2 Å². The average molecular weight is 527 g/mol. The van der Waals surface area contributed by atoms with Gasteiger partial charge in [-0.3, -0.25) is 4.79 Å². The van der Waals surface area contributed by atoms with Crippen LogP contribution in [0.2, 0.25) is 0 Å². The number of rotatable bonds is 5. The maximum Gasteiger partial charge on any atom is 0.233 e. The van der Waals surface area contributed by atoms with Crippen LogP contribution in [0.3, 0.4) is 0 Å². The van der Waals surface area contributed by atoms with Crippen LogP contribution in [0.1, 0.15) is 62.1 Å². The number of halogens is 1. The standard InChI is InChI=1S/C29H38BrN3O/c1-3-20(4-2)27-15-22(21-9-6-5-7-10-21)13-14-33(27)28(34)25-17-32-19-29(25)18-31-16-23-24(29)11-8-12-26(23)30/h5-12,20,22,25,27,31-32H,3-4,13-19H2,1-2H3/p+2/t22-,25+,27+,29+/m1/s1. The lowest BCUT2D eigenvalue weighted by Crippen LogP contribution is -2.91. The van der Waals surface area contributed by atoms with E-state index in [1.54, 1.807) is 0 Å². The number of carbonyl (C=O) groups is 1. The van der Waals surface area contributed by atoms with Crippen molar-refractivity contribution >= 4 is 21.8 Å². The average Bonchev–Trinajstić information content (AvgIpc) is 3.29. The van der Waals surface area contributed by atoms with Crippen molar-refractivity contribution in [3.63, 3.8) is 0 Å². The van der Waals surface area contributed by atoms with Crippen LogP contribution < -0.4 is 10.6 Å². The summed E-state index contributed by atoms with van der Waals surface area (Å²) in [4.78, 5) is 16.8. The first-order valence-corrected chi connectivity index (χ1v) is 14.1. The Bertz CT molecular complexity index is 1010. The Morgan fingerprint density at radius 1 is 1.09 bits per heavy atom. The number of hydrogen-bond donors (Lipinski definition) is 2. The Labute approximate surface area is 213 Å². The van der Waals surface area contributed by atoms with E-state index in [1.807, 2.05) is 0 Å². The third-order valence-corrected chi connectivity index (χ3v) is 9.92. The topological polar surface area (TPSA) is 53.5 Å². The van der Waals surface area contributed by atoms with Gasteiger partial charge in [0.25, 0.3) is 0 Å². The third kappa shape index (κ3) is 4.14. The van der Waals surface area contributed by atoms with Gasteiger partial charge < -0.3 is 15.5 Å². The number of likely N-dealkylation sites (tertiary alicyclic amines) is 1. The molecule has 1 amide bonds. The van der Waals surface area contributed by atoms with Crippen LogP contribution in [-0.4, -0.2) is 43.0 Å². The molecular weight excluding hydrogens is 486 g/mol. The highest BCUT2D eigenvalue weighted by molar-refractivity contribution is 9.10. The smallest absolute Gasteiger partial charge is 0.233 e. The number of nitrogens with two attached hydrogens (primary N) is 2. The van der Waals surface area contributed by atoms with Gasteiger partial charge in [-0.25, -0.2) is 0 Å². The van der Waals surface area contributed by atoms with Gasteiger partial charge in [-0.15, -0.1) is 0 Å². The first-order chi connectivity index (χ1) is 16.6. The molecule has 2 saturated heterocycles. The molecule has 0 saturated carbocycles. The number of nitrogens with zero attached hydrogens (tertiary/aromatic N) is 1. The zero-order valence-corrected chi connectivity index (χ0v) is 22.3. The molecule has 3 aliphatic rings. The predicted octanol–water partition coefficient (Wildman–Crippen LogP) is 3.17. The molecule has 182 valence electrons. The Morgan fingerprint density at radius 2 is 1.85 bits per heavy atom. The molecule has 0 unspecified atom stereocenters. The largest absolute Gasteiger partial charge is 0.345 e. The summed E-state index contributed by atoms with van der Waals surface area (Å²) < 4.78 is 1.19. The van der Waals surface area contributed by atoms with Crippen molar-refractivity contribution in [1.29, 1.82) is 0 Å². The maximum absolute atomic E-state index is 14.4. The van der Waals surface area contributed by atoms with Gasteiger partial charge in [-0.05, 0) is 41.9 Å². The second-order valence-corrected chi connectivity index (χ2v) is 11.6. The van der Waals surface area contributed by atoms with E-state index in [2.05, 4.69) is 93.8 Å². The summed E-state index contributed by atoms with van der Waals surface area (Å²) in [6.07, 6.45) is 4.44. The van der Waals surface area contributed by atoms with Gasteiger partial charge in [0.15, 0.2) is 0 Å². The molecule has 4 nitrogen and oxygen atoms in total. The zero-order chi connectivity index (χ0) is 23.7. The lowest BCUT2D eigenvalue weighted by molar-refractivity contribution is -0.691.